The molecule has 2 aromatic carbocycles. The first-order valence-corrected chi connectivity index (χ1v) is 10.9. The minimum absolute atomic E-state index is 0.266. The van der Waals surface area contributed by atoms with Gasteiger partial charge in [-0.15, -0.1) is 0 Å². The van der Waals surface area contributed by atoms with E-state index in [1.165, 1.54) is 30.2 Å². The van der Waals surface area contributed by atoms with E-state index in [0.29, 0.717) is 33.3 Å². The quantitative estimate of drug-likeness (QED) is 0.289. The first-order chi connectivity index (χ1) is 16.1. The zero-order chi connectivity index (χ0) is 22.8. The summed E-state index contributed by atoms with van der Waals surface area (Å²) in [5, 5.41) is 11.7. The first-order valence-electron chi connectivity index (χ1n) is 9.99. The molecule has 5 aromatic rings. The third-order valence-corrected chi connectivity index (χ3v) is 6.12. The van der Waals surface area contributed by atoms with E-state index in [1.54, 1.807) is 36.0 Å². The topological polar surface area (TPSA) is 98.7 Å². The Morgan fingerprint density at radius 2 is 1.91 bits per heavy atom. The fourth-order valence-corrected chi connectivity index (χ4v) is 4.38. The molecule has 0 aliphatic carbocycles. The number of thioether (sulfide) groups is 1. The smallest absolute Gasteiger partial charge is 0.243 e. The molecular weight excluding hydrogens is 443 g/mol. The average Bonchev–Trinajstić information content (AvgIpc) is 3.45. The number of nitrogens with one attached hydrogen (secondary N) is 1. The number of nitrogens with zero attached hydrogens (tertiary/aromatic N) is 5. The Bertz CT molecular complexity index is 1420. The summed E-state index contributed by atoms with van der Waals surface area (Å²) in [5.41, 5.74) is 2.02. The second kappa shape index (κ2) is 8.83. The molecule has 1 amide bonds. The zero-order valence-electron chi connectivity index (χ0n) is 17.3. The van der Waals surface area contributed by atoms with Crippen LogP contribution in [0.4, 0.5) is 10.2 Å². The molecule has 1 atom stereocenters. The van der Waals surface area contributed by atoms with Crippen molar-refractivity contribution in [1.29, 1.82) is 0 Å². The molecule has 0 bridgehead atoms. The van der Waals surface area contributed by atoms with Crippen LogP contribution in [0.15, 0.2) is 82.7 Å². The third kappa shape index (κ3) is 4.33. The highest BCUT2D eigenvalue weighted by Gasteiger charge is 2.25. The van der Waals surface area contributed by atoms with Gasteiger partial charge in [-0.3, -0.25) is 4.79 Å². The third-order valence-electron chi connectivity index (χ3n) is 4.85. The summed E-state index contributed by atoms with van der Waals surface area (Å²) >= 11 is 1.28. The molecule has 8 nitrogen and oxygen atoms in total. The number of aryl methyl sites for hydroxylation is 1. The summed E-state index contributed by atoms with van der Waals surface area (Å²) in [5.74, 6) is 0.341. The molecule has 0 saturated heterocycles. The van der Waals surface area contributed by atoms with E-state index in [0.717, 1.165) is 5.56 Å². The number of anilines is 1. The van der Waals surface area contributed by atoms with Gasteiger partial charge in [0, 0.05) is 6.07 Å². The van der Waals surface area contributed by atoms with Gasteiger partial charge in [0.2, 0.25) is 5.91 Å². The summed E-state index contributed by atoms with van der Waals surface area (Å²) in [4.78, 5) is 22.0. The summed E-state index contributed by atoms with van der Waals surface area (Å²) < 4.78 is 20.0. The lowest BCUT2D eigenvalue weighted by atomic mass is 10.1. The van der Waals surface area contributed by atoms with Crippen LogP contribution in [0.2, 0.25) is 0 Å². The largest absolute Gasteiger partial charge is 0.360 e. The summed E-state index contributed by atoms with van der Waals surface area (Å²) in [6.45, 7) is 1.75. The number of carbonyl (C=O) groups is 1. The van der Waals surface area contributed by atoms with E-state index in [9.17, 15) is 9.18 Å². The maximum Gasteiger partial charge on any atom is 0.243 e. The SMILES string of the molecule is Cc1cc(NC(=O)C(Sc2ncnc3c2cnn3-c2ccc(F)cc2)c2ccccc2)no1. The predicted molar refractivity (Wildman–Crippen MR) is 122 cm³/mol. The van der Waals surface area contributed by atoms with Gasteiger partial charge in [-0.2, -0.15) is 5.10 Å². The van der Waals surface area contributed by atoms with Crippen LogP contribution in [-0.4, -0.2) is 30.8 Å². The monoisotopic (exact) mass is 460 g/mol. The summed E-state index contributed by atoms with van der Waals surface area (Å²) in [6.07, 6.45) is 3.06. The summed E-state index contributed by atoms with van der Waals surface area (Å²) in [7, 11) is 0. The standard InChI is InChI=1S/C23H17FN6O2S/c1-14-11-19(29-32-14)28-22(31)20(15-5-3-2-4-6-15)33-23-18-12-27-30(21(18)25-13-26-23)17-9-7-16(24)8-10-17/h2-13,20H,1H3,(H,28,29,31). The van der Waals surface area contributed by atoms with Crippen molar-refractivity contribution in [2.75, 3.05) is 5.32 Å². The lowest BCUT2D eigenvalue weighted by molar-refractivity contribution is -0.115. The molecule has 164 valence electrons. The van der Waals surface area contributed by atoms with E-state index >= 15 is 0 Å². The molecule has 0 fully saturated rings. The van der Waals surface area contributed by atoms with E-state index in [2.05, 4.69) is 25.5 Å². The molecule has 5 rings (SSSR count). The van der Waals surface area contributed by atoms with Gasteiger partial charge >= 0.3 is 0 Å². The number of rotatable bonds is 6. The van der Waals surface area contributed by atoms with Crippen molar-refractivity contribution in [3.05, 3.63) is 90.3 Å². The Labute approximate surface area is 191 Å². The molecule has 1 N–H and O–H groups in total. The molecular formula is C23H17FN6O2S. The Morgan fingerprint density at radius 1 is 1.12 bits per heavy atom. The molecule has 3 aromatic heterocycles. The number of amides is 1. The van der Waals surface area contributed by atoms with Crippen LogP contribution in [0.25, 0.3) is 16.7 Å². The van der Waals surface area contributed by atoms with Gasteiger partial charge in [-0.25, -0.2) is 19.0 Å². The van der Waals surface area contributed by atoms with E-state index < -0.39 is 5.25 Å². The summed E-state index contributed by atoms with van der Waals surface area (Å²) in [6, 6.07) is 17.0. The fraction of sp³-hybridized carbons (Fsp3) is 0.0870. The molecule has 1 unspecified atom stereocenters. The second-order valence-corrected chi connectivity index (χ2v) is 8.26. The van der Waals surface area contributed by atoms with Gasteiger partial charge in [0.05, 0.1) is 17.3 Å². The Morgan fingerprint density at radius 3 is 2.64 bits per heavy atom. The molecule has 0 aliphatic rings. The predicted octanol–water partition coefficient (Wildman–Crippen LogP) is 4.72. The Hall–Kier alpha value is -4.05. The van der Waals surface area contributed by atoms with Gasteiger partial charge in [-0.1, -0.05) is 47.3 Å². The highest BCUT2D eigenvalue weighted by atomic mass is 32.2. The number of hydrogen-bond donors (Lipinski definition) is 1. The number of halogens is 1. The number of hydrogen-bond acceptors (Lipinski definition) is 7. The van der Waals surface area contributed by atoms with Crippen molar-refractivity contribution in [1.82, 2.24) is 24.9 Å². The van der Waals surface area contributed by atoms with Crippen LogP contribution in [0, 0.1) is 12.7 Å². The van der Waals surface area contributed by atoms with Crippen molar-refractivity contribution in [2.45, 2.75) is 17.2 Å². The lowest BCUT2D eigenvalue weighted by Gasteiger charge is -2.16. The van der Waals surface area contributed by atoms with E-state index in [-0.39, 0.29) is 11.7 Å². The maximum atomic E-state index is 13.3. The molecule has 0 spiro atoms. The van der Waals surface area contributed by atoms with E-state index in [4.69, 9.17) is 4.52 Å². The normalized spacial score (nSPS) is 12.1. The van der Waals surface area contributed by atoms with Gasteiger partial charge in [0.1, 0.15) is 28.2 Å². The van der Waals surface area contributed by atoms with Crippen LogP contribution in [-0.2, 0) is 4.79 Å². The maximum absolute atomic E-state index is 13.3. The molecule has 0 radical (unpaired) electrons. The van der Waals surface area contributed by atoms with Crippen molar-refractivity contribution < 1.29 is 13.7 Å². The average molecular weight is 460 g/mol. The van der Waals surface area contributed by atoms with Gasteiger partial charge < -0.3 is 9.84 Å². The first kappa shape index (κ1) is 20.8. The van der Waals surface area contributed by atoms with Crippen molar-refractivity contribution in [2.24, 2.45) is 0 Å². The number of benzene rings is 2. The molecule has 10 heteroatoms. The molecule has 33 heavy (non-hydrogen) atoms. The van der Waals surface area contributed by atoms with Crippen molar-refractivity contribution >= 4 is 34.5 Å². The number of aromatic nitrogens is 5. The highest BCUT2D eigenvalue weighted by Crippen LogP contribution is 2.38. The van der Waals surface area contributed by atoms with Crippen LogP contribution < -0.4 is 5.32 Å². The Kier molecular flexibility index (Phi) is 5.57. The number of carbonyl (C=O) groups excluding carboxylic acids is 1. The van der Waals surface area contributed by atoms with Crippen molar-refractivity contribution in [3.8, 4) is 5.69 Å². The lowest BCUT2D eigenvalue weighted by Crippen LogP contribution is -2.19. The zero-order valence-corrected chi connectivity index (χ0v) is 18.2. The van der Waals surface area contributed by atoms with Crippen LogP contribution in [0.3, 0.4) is 0 Å². The van der Waals surface area contributed by atoms with Crippen LogP contribution in [0.5, 0.6) is 0 Å². The van der Waals surface area contributed by atoms with Crippen LogP contribution in [0.1, 0.15) is 16.6 Å². The molecule has 3 heterocycles. The van der Waals surface area contributed by atoms with E-state index in [1.807, 2.05) is 30.3 Å². The van der Waals surface area contributed by atoms with Gasteiger partial charge in [-0.05, 0) is 36.8 Å². The second-order valence-electron chi connectivity index (χ2n) is 7.17. The van der Waals surface area contributed by atoms with Gasteiger partial charge in [0.25, 0.3) is 0 Å². The number of fused-ring (bicyclic) bond motifs is 1. The minimum atomic E-state index is -0.615. The minimum Gasteiger partial charge on any atom is -0.360 e. The van der Waals surface area contributed by atoms with Gasteiger partial charge in [0.15, 0.2) is 11.5 Å². The fourth-order valence-electron chi connectivity index (χ4n) is 3.32. The van der Waals surface area contributed by atoms with Crippen LogP contribution >= 0.6 is 11.8 Å². The highest BCUT2D eigenvalue weighted by molar-refractivity contribution is 8.00. The van der Waals surface area contributed by atoms with Crippen molar-refractivity contribution in [3.63, 3.8) is 0 Å². The molecule has 0 saturated carbocycles. The molecule has 0 aliphatic heterocycles. The Balaban J connectivity index is 1.50.